The van der Waals surface area contributed by atoms with Crippen LogP contribution in [0, 0.1) is 0 Å². The largest absolute Gasteiger partial charge is 0.383 e. The fraction of sp³-hybridized carbons (Fsp3) is 0.467. The van der Waals surface area contributed by atoms with E-state index in [1.807, 2.05) is 32.1 Å². The smallest absolute Gasteiger partial charge is 0.226 e. The van der Waals surface area contributed by atoms with Crippen LogP contribution in [0.5, 0.6) is 0 Å². The highest BCUT2D eigenvalue weighted by atomic mass is 35.5. The minimum Gasteiger partial charge on any atom is -0.383 e. The fourth-order valence-corrected chi connectivity index (χ4v) is 2.91. The number of piperazine rings is 1. The first-order chi connectivity index (χ1) is 11.6. The number of nitrogens with zero attached hydrogens (tertiary/aromatic N) is 7. The summed E-state index contributed by atoms with van der Waals surface area (Å²) in [6.45, 7) is 3.38. The molecule has 1 aliphatic rings. The molecule has 0 unspecified atom stereocenters. The number of hydrogen-bond acceptors (Lipinski definition) is 8. The summed E-state index contributed by atoms with van der Waals surface area (Å²) in [5.41, 5.74) is 0.768. The third kappa shape index (κ3) is 3.28. The van der Waals surface area contributed by atoms with Gasteiger partial charge in [-0.15, -0.1) is 0 Å². The Labute approximate surface area is 146 Å². The number of aromatic nitrogens is 4. The molecule has 1 aliphatic heterocycles. The molecule has 1 saturated heterocycles. The third-order valence-corrected chi connectivity index (χ3v) is 4.25. The second kappa shape index (κ2) is 7.04. The zero-order chi connectivity index (χ0) is 17.1. The molecular weight excluding hydrogens is 328 g/mol. The Morgan fingerprint density at radius 3 is 2.46 bits per heavy atom. The second-order valence-corrected chi connectivity index (χ2v) is 6.05. The monoisotopic (exact) mass is 348 g/mol. The first kappa shape index (κ1) is 16.5. The molecule has 9 heteroatoms. The van der Waals surface area contributed by atoms with Gasteiger partial charge in [0.1, 0.15) is 17.8 Å². The highest BCUT2D eigenvalue weighted by molar-refractivity contribution is 6.32. The fourth-order valence-electron chi connectivity index (χ4n) is 2.69. The molecule has 0 amide bonds. The van der Waals surface area contributed by atoms with Gasteiger partial charge < -0.3 is 20.0 Å². The van der Waals surface area contributed by atoms with Crippen molar-refractivity contribution in [3.05, 3.63) is 23.7 Å². The molecule has 0 aromatic carbocycles. The zero-order valence-electron chi connectivity index (χ0n) is 14.1. The molecule has 0 radical (unpaired) electrons. The van der Waals surface area contributed by atoms with Crippen molar-refractivity contribution in [1.82, 2.24) is 19.9 Å². The standard InChI is InChI=1S/C15H21ClN8/c1-17-12-13(16)19-10-20-14(12)24-8-6-23(7-9-24)11-4-5-18-15(21-11)22(2)3/h4-5,10,17H,6-9H2,1-3H3. The molecule has 128 valence electrons. The Hall–Kier alpha value is -2.35. The van der Waals surface area contributed by atoms with Crippen molar-refractivity contribution in [3.8, 4) is 0 Å². The Morgan fingerprint density at radius 2 is 1.79 bits per heavy atom. The maximum absolute atomic E-state index is 6.15. The molecule has 3 rings (SSSR count). The molecule has 8 nitrogen and oxygen atoms in total. The average Bonchev–Trinajstić information content (AvgIpc) is 2.62. The Balaban J connectivity index is 1.72. The van der Waals surface area contributed by atoms with Crippen LogP contribution in [0.2, 0.25) is 5.15 Å². The van der Waals surface area contributed by atoms with E-state index in [2.05, 4.69) is 35.1 Å². The lowest BCUT2D eigenvalue weighted by atomic mass is 10.3. The van der Waals surface area contributed by atoms with Crippen LogP contribution in [0.25, 0.3) is 0 Å². The number of rotatable bonds is 4. The number of halogens is 1. The lowest BCUT2D eigenvalue weighted by Gasteiger charge is -2.36. The predicted molar refractivity (Wildman–Crippen MR) is 97.4 cm³/mol. The maximum Gasteiger partial charge on any atom is 0.226 e. The summed E-state index contributed by atoms with van der Waals surface area (Å²) in [5, 5.41) is 3.53. The third-order valence-electron chi connectivity index (χ3n) is 3.96. The molecule has 1 fully saturated rings. The molecule has 0 aliphatic carbocycles. The van der Waals surface area contributed by atoms with E-state index in [1.54, 1.807) is 6.20 Å². The van der Waals surface area contributed by atoms with Gasteiger partial charge in [0.05, 0.1) is 0 Å². The van der Waals surface area contributed by atoms with Crippen molar-refractivity contribution in [2.24, 2.45) is 0 Å². The summed E-state index contributed by atoms with van der Waals surface area (Å²) >= 11 is 6.15. The molecule has 24 heavy (non-hydrogen) atoms. The number of hydrogen-bond donors (Lipinski definition) is 1. The van der Waals surface area contributed by atoms with E-state index < -0.39 is 0 Å². The second-order valence-electron chi connectivity index (χ2n) is 5.70. The molecule has 0 spiro atoms. The molecule has 0 atom stereocenters. The van der Waals surface area contributed by atoms with E-state index in [-0.39, 0.29) is 0 Å². The maximum atomic E-state index is 6.15. The lowest BCUT2D eigenvalue weighted by molar-refractivity contribution is 0.640. The first-order valence-electron chi connectivity index (χ1n) is 7.78. The van der Waals surface area contributed by atoms with E-state index in [0.29, 0.717) is 5.15 Å². The Bertz CT molecular complexity index is 700. The van der Waals surface area contributed by atoms with Gasteiger partial charge in [-0.05, 0) is 6.07 Å². The minimum atomic E-state index is 0.441. The summed E-state index contributed by atoms with van der Waals surface area (Å²) in [6.07, 6.45) is 3.30. The lowest BCUT2D eigenvalue weighted by Crippen LogP contribution is -2.47. The summed E-state index contributed by atoms with van der Waals surface area (Å²) in [7, 11) is 5.71. The molecule has 3 heterocycles. The van der Waals surface area contributed by atoms with E-state index in [1.165, 1.54) is 6.33 Å². The Kier molecular flexibility index (Phi) is 4.84. The Morgan fingerprint density at radius 1 is 1.08 bits per heavy atom. The first-order valence-corrected chi connectivity index (χ1v) is 8.16. The number of anilines is 4. The van der Waals surface area contributed by atoms with Gasteiger partial charge in [-0.1, -0.05) is 11.6 Å². The van der Waals surface area contributed by atoms with Gasteiger partial charge in [-0.3, -0.25) is 0 Å². The highest BCUT2D eigenvalue weighted by Crippen LogP contribution is 2.29. The van der Waals surface area contributed by atoms with Crippen LogP contribution < -0.4 is 20.0 Å². The van der Waals surface area contributed by atoms with Crippen molar-refractivity contribution in [3.63, 3.8) is 0 Å². The van der Waals surface area contributed by atoms with Crippen LogP contribution in [-0.4, -0.2) is 67.3 Å². The van der Waals surface area contributed by atoms with Gasteiger partial charge in [0.15, 0.2) is 11.0 Å². The molecule has 0 bridgehead atoms. The average molecular weight is 349 g/mol. The summed E-state index contributed by atoms with van der Waals surface area (Å²) in [5.74, 6) is 2.51. The van der Waals surface area contributed by atoms with Crippen LogP contribution in [0.1, 0.15) is 0 Å². The van der Waals surface area contributed by atoms with Crippen LogP contribution in [0.3, 0.4) is 0 Å². The molecule has 2 aromatic rings. The van der Waals surface area contributed by atoms with Gasteiger partial charge >= 0.3 is 0 Å². The van der Waals surface area contributed by atoms with Crippen molar-refractivity contribution in [2.75, 3.05) is 67.3 Å². The van der Waals surface area contributed by atoms with Crippen LogP contribution in [0.4, 0.5) is 23.3 Å². The van der Waals surface area contributed by atoms with Crippen molar-refractivity contribution in [1.29, 1.82) is 0 Å². The molecule has 1 N–H and O–H groups in total. The van der Waals surface area contributed by atoms with Gasteiger partial charge in [-0.25, -0.2) is 15.0 Å². The molecule has 0 saturated carbocycles. The summed E-state index contributed by atoms with van der Waals surface area (Å²) in [4.78, 5) is 23.7. The van der Waals surface area contributed by atoms with Crippen LogP contribution >= 0.6 is 11.6 Å². The summed E-state index contributed by atoms with van der Waals surface area (Å²) < 4.78 is 0. The van der Waals surface area contributed by atoms with Crippen LogP contribution in [0.15, 0.2) is 18.6 Å². The molecular formula is C15H21ClN8. The van der Waals surface area contributed by atoms with Crippen molar-refractivity contribution in [2.45, 2.75) is 0 Å². The van der Waals surface area contributed by atoms with E-state index in [0.717, 1.165) is 49.5 Å². The normalized spacial score (nSPS) is 14.7. The summed E-state index contributed by atoms with van der Waals surface area (Å²) in [6, 6.07) is 1.95. The highest BCUT2D eigenvalue weighted by Gasteiger charge is 2.22. The van der Waals surface area contributed by atoms with E-state index in [4.69, 9.17) is 11.6 Å². The van der Waals surface area contributed by atoms with Crippen LogP contribution in [-0.2, 0) is 0 Å². The van der Waals surface area contributed by atoms with Crippen molar-refractivity contribution >= 4 is 34.9 Å². The van der Waals surface area contributed by atoms with Gasteiger partial charge in [0.25, 0.3) is 0 Å². The van der Waals surface area contributed by atoms with Crippen molar-refractivity contribution < 1.29 is 0 Å². The quantitative estimate of drug-likeness (QED) is 0.830. The van der Waals surface area contributed by atoms with Gasteiger partial charge in [0, 0.05) is 53.5 Å². The van der Waals surface area contributed by atoms with E-state index >= 15 is 0 Å². The zero-order valence-corrected chi connectivity index (χ0v) is 14.8. The van der Waals surface area contributed by atoms with E-state index in [9.17, 15) is 0 Å². The SMILES string of the molecule is CNc1c(Cl)ncnc1N1CCN(c2ccnc(N(C)C)n2)CC1. The topological polar surface area (TPSA) is 73.3 Å². The number of nitrogens with one attached hydrogen (secondary N) is 1. The molecule has 2 aromatic heterocycles. The predicted octanol–water partition coefficient (Wildman–Crippen LogP) is 1.35. The van der Waals surface area contributed by atoms with Gasteiger partial charge in [-0.2, -0.15) is 4.98 Å². The van der Waals surface area contributed by atoms with Gasteiger partial charge in [0.2, 0.25) is 5.95 Å². The minimum absolute atomic E-state index is 0.441.